The molecule has 0 aromatic heterocycles. The van der Waals surface area contributed by atoms with Crippen molar-refractivity contribution >= 4 is 0 Å². The van der Waals surface area contributed by atoms with E-state index in [0.29, 0.717) is 11.8 Å². The molecule has 1 fully saturated rings. The summed E-state index contributed by atoms with van der Waals surface area (Å²) in [5.74, 6) is 1.24. The van der Waals surface area contributed by atoms with Crippen LogP contribution >= 0.6 is 0 Å². The highest BCUT2D eigenvalue weighted by Gasteiger charge is 2.30. The van der Waals surface area contributed by atoms with E-state index in [9.17, 15) is 5.11 Å². The molecule has 2 nitrogen and oxygen atoms in total. The van der Waals surface area contributed by atoms with Crippen LogP contribution in [0.3, 0.4) is 0 Å². The smallest absolute Gasteiger partial charge is 0.0574 e. The monoisotopic (exact) mass is 172 g/mol. The molecular formula is C10H20O2. The van der Waals surface area contributed by atoms with Crippen molar-refractivity contribution in [3.05, 3.63) is 0 Å². The van der Waals surface area contributed by atoms with Gasteiger partial charge in [0.05, 0.1) is 6.10 Å². The Morgan fingerprint density at radius 2 is 2.08 bits per heavy atom. The Bertz CT molecular complexity index is 136. The van der Waals surface area contributed by atoms with E-state index in [4.69, 9.17) is 5.11 Å². The van der Waals surface area contributed by atoms with Crippen LogP contribution in [0, 0.1) is 17.8 Å². The Kier molecular flexibility index (Phi) is 3.53. The van der Waals surface area contributed by atoms with Gasteiger partial charge in [-0.3, -0.25) is 0 Å². The summed E-state index contributed by atoms with van der Waals surface area (Å²) in [6.45, 7) is 4.41. The van der Waals surface area contributed by atoms with Gasteiger partial charge in [0.25, 0.3) is 0 Å². The minimum Gasteiger partial charge on any atom is -0.396 e. The molecule has 0 aliphatic heterocycles. The second-order valence-corrected chi connectivity index (χ2v) is 4.31. The first-order valence-electron chi connectivity index (χ1n) is 4.94. The molecule has 0 aromatic rings. The Morgan fingerprint density at radius 3 is 2.58 bits per heavy atom. The first kappa shape index (κ1) is 10.0. The molecule has 0 bridgehead atoms. The fourth-order valence-corrected chi connectivity index (χ4v) is 2.17. The van der Waals surface area contributed by atoms with Gasteiger partial charge in [-0.25, -0.2) is 0 Å². The third-order valence-electron chi connectivity index (χ3n) is 3.15. The molecule has 0 spiro atoms. The molecular weight excluding hydrogens is 152 g/mol. The van der Waals surface area contributed by atoms with Crippen LogP contribution in [0.4, 0.5) is 0 Å². The van der Waals surface area contributed by atoms with Crippen molar-refractivity contribution in [3.8, 4) is 0 Å². The lowest BCUT2D eigenvalue weighted by molar-refractivity contribution is 0.00804. The van der Waals surface area contributed by atoms with Gasteiger partial charge in [0.2, 0.25) is 0 Å². The molecule has 1 aliphatic rings. The topological polar surface area (TPSA) is 40.5 Å². The molecule has 0 amide bonds. The molecule has 4 atom stereocenters. The van der Waals surface area contributed by atoms with Gasteiger partial charge in [-0.05, 0) is 30.6 Å². The van der Waals surface area contributed by atoms with Crippen molar-refractivity contribution in [3.63, 3.8) is 0 Å². The van der Waals surface area contributed by atoms with Gasteiger partial charge in [0.15, 0.2) is 0 Å². The van der Waals surface area contributed by atoms with Crippen molar-refractivity contribution < 1.29 is 10.2 Å². The van der Waals surface area contributed by atoms with Gasteiger partial charge in [-0.1, -0.05) is 20.3 Å². The first-order valence-corrected chi connectivity index (χ1v) is 4.94. The molecule has 3 unspecified atom stereocenters. The Balaban J connectivity index is 2.44. The first-order chi connectivity index (χ1) is 5.65. The molecule has 72 valence electrons. The number of aliphatic hydroxyl groups is 2. The lowest BCUT2D eigenvalue weighted by Gasteiger charge is -2.34. The van der Waals surface area contributed by atoms with E-state index in [1.165, 1.54) is 6.42 Å². The Hall–Kier alpha value is -0.0800. The minimum atomic E-state index is -0.184. The fraction of sp³-hybridized carbons (Fsp3) is 1.00. The molecule has 1 aliphatic carbocycles. The second kappa shape index (κ2) is 4.24. The highest BCUT2D eigenvalue weighted by molar-refractivity contribution is 4.80. The lowest BCUT2D eigenvalue weighted by Crippen LogP contribution is -2.34. The predicted octanol–water partition coefficient (Wildman–Crippen LogP) is 1.41. The zero-order valence-corrected chi connectivity index (χ0v) is 8.03. The van der Waals surface area contributed by atoms with Gasteiger partial charge in [0, 0.05) is 6.61 Å². The van der Waals surface area contributed by atoms with Crippen LogP contribution in [0.1, 0.15) is 33.1 Å². The van der Waals surface area contributed by atoms with Crippen LogP contribution in [0.15, 0.2) is 0 Å². The van der Waals surface area contributed by atoms with E-state index in [-0.39, 0.29) is 18.6 Å². The molecule has 2 heteroatoms. The summed E-state index contributed by atoms with van der Waals surface area (Å²) in [5, 5.41) is 18.7. The van der Waals surface area contributed by atoms with Gasteiger partial charge in [0.1, 0.15) is 0 Å². The SMILES string of the molecule is CC1CCC(C(C)CO)[C@H](O)C1. The van der Waals surface area contributed by atoms with Crippen molar-refractivity contribution in [2.24, 2.45) is 17.8 Å². The molecule has 1 rings (SSSR count). The highest BCUT2D eigenvalue weighted by atomic mass is 16.3. The number of hydrogen-bond donors (Lipinski definition) is 2. The molecule has 0 saturated heterocycles. The van der Waals surface area contributed by atoms with Gasteiger partial charge in [-0.15, -0.1) is 0 Å². The second-order valence-electron chi connectivity index (χ2n) is 4.31. The summed E-state index contributed by atoms with van der Waals surface area (Å²) in [6.07, 6.45) is 3.00. The van der Waals surface area contributed by atoms with Gasteiger partial charge >= 0.3 is 0 Å². The Labute approximate surface area is 74.6 Å². The predicted molar refractivity (Wildman–Crippen MR) is 48.8 cm³/mol. The zero-order chi connectivity index (χ0) is 9.14. The molecule has 0 radical (unpaired) electrons. The largest absolute Gasteiger partial charge is 0.396 e. The van der Waals surface area contributed by atoms with E-state index in [1.807, 2.05) is 6.92 Å². The van der Waals surface area contributed by atoms with Gasteiger partial charge in [-0.2, -0.15) is 0 Å². The van der Waals surface area contributed by atoms with Crippen LogP contribution in [0.5, 0.6) is 0 Å². The van der Waals surface area contributed by atoms with E-state index < -0.39 is 0 Å². The van der Waals surface area contributed by atoms with Crippen molar-refractivity contribution in [2.75, 3.05) is 6.61 Å². The highest BCUT2D eigenvalue weighted by Crippen LogP contribution is 2.33. The van der Waals surface area contributed by atoms with Crippen molar-refractivity contribution in [2.45, 2.75) is 39.2 Å². The van der Waals surface area contributed by atoms with Crippen LogP contribution in [0.2, 0.25) is 0 Å². The average molecular weight is 172 g/mol. The summed E-state index contributed by atoms with van der Waals surface area (Å²) in [7, 11) is 0. The summed E-state index contributed by atoms with van der Waals surface area (Å²) in [4.78, 5) is 0. The lowest BCUT2D eigenvalue weighted by atomic mass is 9.75. The third kappa shape index (κ3) is 2.20. The van der Waals surface area contributed by atoms with E-state index in [2.05, 4.69) is 6.92 Å². The standard InChI is InChI=1S/C10H20O2/c1-7-3-4-9(8(2)6-11)10(12)5-7/h7-12H,3-6H2,1-2H3/t7?,8?,9?,10-/m1/s1. The number of aliphatic hydroxyl groups excluding tert-OH is 2. The maximum atomic E-state index is 9.73. The summed E-state index contributed by atoms with van der Waals surface area (Å²) < 4.78 is 0. The summed E-state index contributed by atoms with van der Waals surface area (Å²) in [5.41, 5.74) is 0. The van der Waals surface area contributed by atoms with Crippen LogP contribution in [-0.2, 0) is 0 Å². The molecule has 0 aromatic carbocycles. The van der Waals surface area contributed by atoms with Crippen LogP contribution < -0.4 is 0 Å². The molecule has 2 N–H and O–H groups in total. The fourth-order valence-electron chi connectivity index (χ4n) is 2.17. The zero-order valence-electron chi connectivity index (χ0n) is 8.03. The average Bonchev–Trinajstić information content (AvgIpc) is 2.03. The third-order valence-corrected chi connectivity index (χ3v) is 3.15. The van der Waals surface area contributed by atoms with Crippen LogP contribution in [0.25, 0.3) is 0 Å². The van der Waals surface area contributed by atoms with Gasteiger partial charge < -0.3 is 10.2 Å². The summed E-state index contributed by atoms with van der Waals surface area (Å²) >= 11 is 0. The molecule has 1 saturated carbocycles. The number of rotatable bonds is 2. The van der Waals surface area contributed by atoms with Crippen molar-refractivity contribution in [1.82, 2.24) is 0 Å². The molecule has 0 heterocycles. The quantitative estimate of drug-likeness (QED) is 0.661. The van der Waals surface area contributed by atoms with Crippen molar-refractivity contribution in [1.29, 1.82) is 0 Å². The van der Waals surface area contributed by atoms with E-state index in [1.54, 1.807) is 0 Å². The van der Waals surface area contributed by atoms with Crippen LogP contribution in [-0.4, -0.2) is 22.9 Å². The maximum absolute atomic E-state index is 9.73. The summed E-state index contributed by atoms with van der Waals surface area (Å²) in [6, 6.07) is 0. The molecule has 12 heavy (non-hydrogen) atoms. The minimum absolute atomic E-state index is 0.184. The number of hydrogen-bond acceptors (Lipinski definition) is 2. The van der Waals surface area contributed by atoms with E-state index in [0.717, 1.165) is 12.8 Å². The van der Waals surface area contributed by atoms with E-state index >= 15 is 0 Å². The normalized spacial score (nSPS) is 39.5. The Morgan fingerprint density at radius 1 is 1.42 bits per heavy atom. The maximum Gasteiger partial charge on any atom is 0.0574 e.